The van der Waals surface area contributed by atoms with Gasteiger partial charge in [0.25, 0.3) is 0 Å². The lowest BCUT2D eigenvalue weighted by Crippen LogP contribution is -2.24. The number of aryl methyl sites for hydroxylation is 2. The smallest absolute Gasteiger partial charge is 0.164 e. The summed E-state index contributed by atoms with van der Waals surface area (Å²) in [6, 6.07) is 21.6. The molecule has 0 unspecified atom stereocenters. The summed E-state index contributed by atoms with van der Waals surface area (Å²) in [4.78, 5) is 27.4. The lowest BCUT2D eigenvalue weighted by atomic mass is 9.73. The van der Waals surface area contributed by atoms with Crippen molar-refractivity contribution < 1.29 is 14.7 Å². The summed E-state index contributed by atoms with van der Waals surface area (Å²) in [6.45, 7) is 12.0. The highest BCUT2D eigenvalue weighted by atomic mass is 16.3. The molecule has 3 nitrogen and oxygen atoms in total. The van der Waals surface area contributed by atoms with E-state index in [-0.39, 0.29) is 29.2 Å². The minimum atomic E-state index is -0.516. The Bertz CT molecular complexity index is 1180. The van der Waals surface area contributed by atoms with E-state index in [2.05, 4.69) is 0 Å². The molecule has 0 fully saturated rings. The molecule has 0 aliphatic heterocycles. The summed E-state index contributed by atoms with van der Waals surface area (Å²) >= 11 is 0. The lowest BCUT2D eigenvalue weighted by Gasteiger charge is -2.31. The first-order chi connectivity index (χ1) is 16.4. The first-order valence-corrected chi connectivity index (χ1v) is 12.4. The van der Waals surface area contributed by atoms with Crippen LogP contribution in [-0.4, -0.2) is 16.7 Å². The Morgan fingerprint density at radius 3 is 1.57 bits per heavy atom. The Labute approximate surface area is 210 Å². The van der Waals surface area contributed by atoms with Crippen LogP contribution in [0.3, 0.4) is 0 Å². The zero-order valence-electron chi connectivity index (χ0n) is 21.9. The van der Waals surface area contributed by atoms with Crippen LogP contribution in [-0.2, 0) is 23.7 Å². The molecule has 3 aromatic carbocycles. The fraction of sp³-hybridized carbons (Fsp3) is 0.375. The monoisotopic (exact) mass is 470 g/mol. The number of Topliss-reactive ketones (excluding diaryl/α,β-unsaturated/α-hetero) is 2. The van der Waals surface area contributed by atoms with Crippen LogP contribution in [0.15, 0.2) is 66.7 Å². The van der Waals surface area contributed by atoms with Crippen LogP contribution in [0.5, 0.6) is 5.75 Å². The van der Waals surface area contributed by atoms with Crippen LogP contribution in [0, 0.1) is 0 Å². The molecule has 184 valence electrons. The maximum atomic E-state index is 13.7. The molecule has 0 spiro atoms. The van der Waals surface area contributed by atoms with E-state index in [0.717, 1.165) is 11.1 Å². The normalized spacial score (nSPS) is 11.9. The molecule has 1 N–H and O–H groups in total. The number of hydrogen-bond acceptors (Lipinski definition) is 3. The van der Waals surface area contributed by atoms with Crippen LogP contribution in [0.25, 0.3) is 0 Å². The van der Waals surface area contributed by atoms with Gasteiger partial charge >= 0.3 is 0 Å². The number of rotatable bonds is 8. The number of phenols is 1. The number of carbonyl (C=O) groups is 2. The van der Waals surface area contributed by atoms with Crippen LogP contribution in [0.4, 0.5) is 0 Å². The molecule has 0 heterocycles. The Kier molecular flexibility index (Phi) is 8.00. The zero-order chi connectivity index (χ0) is 25.8. The standard InChI is InChI=1S/C32H38O3/c1-31(2,3)25-21-24(26(33)19-17-22-13-9-7-10-14-22)28(29(30(25)35)32(4,5)6)27(34)20-18-23-15-11-8-12-16-23/h7-16,21,35H,17-20H2,1-6H3. The van der Waals surface area contributed by atoms with Gasteiger partial charge in [-0.25, -0.2) is 0 Å². The molecule has 0 aliphatic carbocycles. The number of benzene rings is 3. The molecule has 0 bridgehead atoms. The number of phenolic OH excluding ortho intramolecular Hbond substituents is 1. The molecule has 0 saturated carbocycles. The highest BCUT2D eigenvalue weighted by molar-refractivity contribution is 6.11. The lowest BCUT2D eigenvalue weighted by molar-refractivity contribution is 0.0947. The maximum absolute atomic E-state index is 13.7. The molecular formula is C32H38O3. The molecule has 0 atom stereocenters. The van der Waals surface area contributed by atoms with Crippen molar-refractivity contribution in [2.75, 3.05) is 0 Å². The highest BCUT2D eigenvalue weighted by Crippen LogP contribution is 2.43. The summed E-state index contributed by atoms with van der Waals surface area (Å²) in [5, 5.41) is 11.4. The third-order valence-electron chi connectivity index (χ3n) is 6.40. The Morgan fingerprint density at radius 2 is 1.14 bits per heavy atom. The second-order valence-electron chi connectivity index (χ2n) is 11.4. The van der Waals surface area contributed by atoms with E-state index in [1.54, 1.807) is 6.07 Å². The highest BCUT2D eigenvalue weighted by Gasteiger charge is 2.34. The van der Waals surface area contributed by atoms with Crippen molar-refractivity contribution in [3.63, 3.8) is 0 Å². The molecule has 0 aliphatic rings. The van der Waals surface area contributed by atoms with E-state index in [4.69, 9.17) is 0 Å². The van der Waals surface area contributed by atoms with E-state index < -0.39 is 5.41 Å². The van der Waals surface area contributed by atoms with Gasteiger partial charge in [-0.3, -0.25) is 9.59 Å². The van der Waals surface area contributed by atoms with Crippen molar-refractivity contribution >= 4 is 11.6 Å². The number of ketones is 2. The van der Waals surface area contributed by atoms with Crippen molar-refractivity contribution in [2.24, 2.45) is 0 Å². The summed E-state index contributed by atoms with van der Waals surface area (Å²) in [7, 11) is 0. The average molecular weight is 471 g/mol. The summed E-state index contributed by atoms with van der Waals surface area (Å²) in [5.41, 5.74) is 3.36. The van der Waals surface area contributed by atoms with Gasteiger partial charge in [0.2, 0.25) is 0 Å². The van der Waals surface area contributed by atoms with Crippen LogP contribution >= 0.6 is 0 Å². The molecule has 0 amide bonds. The first-order valence-electron chi connectivity index (χ1n) is 12.4. The third-order valence-corrected chi connectivity index (χ3v) is 6.40. The van der Waals surface area contributed by atoms with Gasteiger partial charge in [-0.15, -0.1) is 0 Å². The van der Waals surface area contributed by atoms with Crippen molar-refractivity contribution in [3.8, 4) is 5.75 Å². The zero-order valence-corrected chi connectivity index (χ0v) is 21.9. The second kappa shape index (κ2) is 10.6. The minimum Gasteiger partial charge on any atom is -0.507 e. The van der Waals surface area contributed by atoms with Gasteiger partial charge in [-0.1, -0.05) is 102 Å². The van der Waals surface area contributed by atoms with Gasteiger partial charge in [-0.2, -0.15) is 0 Å². The van der Waals surface area contributed by atoms with Crippen molar-refractivity contribution in [3.05, 3.63) is 100 Å². The second-order valence-corrected chi connectivity index (χ2v) is 11.4. The SMILES string of the molecule is CC(C)(C)c1cc(C(=O)CCc2ccccc2)c(C(=O)CCc2ccccc2)c(C(C)(C)C)c1O. The van der Waals surface area contributed by atoms with Gasteiger partial charge in [0, 0.05) is 35.1 Å². The van der Waals surface area contributed by atoms with Crippen molar-refractivity contribution in [1.82, 2.24) is 0 Å². The summed E-state index contributed by atoms with van der Waals surface area (Å²) in [6.07, 6.45) is 1.78. The van der Waals surface area contributed by atoms with Gasteiger partial charge in [0.15, 0.2) is 11.6 Å². The summed E-state index contributed by atoms with van der Waals surface area (Å²) in [5.74, 6) is -0.0295. The van der Waals surface area contributed by atoms with Crippen LogP contribution in [0.1, 0.15) is 97.4 Å². The van der Waals surface area contributed by atoms with E-state index in [1.165, 1.54) is 0 Å². The predicted molar refractivity (Wildman–Crippen MR) is 144 cm³/mol. The van der Waals surface area contributed by atoms with Crippen LogP contribution in [0.2, 0.25) is 0 Å². The number of hydrogen-bond donors (Lipinski definition) is 1. The number of aromatic hydroxyl groups is 1. The molecule has 0 radical (unpaired) electrons. The number of carbonyl (C=O) groups excluding carboxylic acids is 2. The van der Waals surface area contributed by atoms with Gasteiger partial charge in [0.1, 0.15) is 5.75 Å². The molecule has 3 heteroatoms. The van der Waals surface area contributed by atoms with Gasteiger partial charge in [0.05, 0.1) is 0 Å². The first kappa shape index (κ1) is 26.4. The fourth-order valence-corrected chi connectivity index (χ4v) is 4.55. The Hall–Kier alpha value is -3.20. The predicted octanol–water partition coefficient (Wildman–Crippen LogP) is 7.62. The van der Waals surface area contributed by atoms with Crippen LogP contribution < -0.4 is 0 Å². The van der Waals surface area contributed by atoms with Crippen molar-refractivity contribution in [1.29, 1.82) is 0 Å². The Balaban J connectivity index is 2.10. The average Bonchev–Trinajstić information content (AvgIpc) is 2.80. The van der Waals surface area contributed by atoms with Crippen molar-refractivity contribution in [2.45, 2.75) is 78.1 Å². The molecule has 0 saturated heterocycles. The largest absolute Gasteiger partial charge is 0.507 e. The minimum absolute atomic E-state index is 0.0621. The molecule has 35 heavy (non-hydrogen) atoms. The molecule has 3 aromatic rings. The quantitative estimate of drug-likeness (QED) is 0.345. The van der Waals surface area contributed by atoms with E-state index >= 15 is 0 Å². The fourth-order valence-electron chi connectivity index (χ4n) is 4.55. The molecular weight excluding hydrogens is 432 g/mol. The Morgan fingerprint density at radius 1 is 0.686 bits per heavy atom. The van der Waals surface area contributed by atoms with E-state index in [1.807, 2.05) is 102 Å². The van der Waals surface area contributed by atoms with Gasteiger partial charge < -0.3 is 5.11 Å². The third kappa shape index (κ3) is 6.48. The molecule has 3 rings (SSSR count). The van der Waals surface area contributed by atoms with E-state index in [9.17, 15) is 14.7 Å². The molecule has 0 aromatic heterocycles. The maximum Gasteiger partial charge on any atom is 0.164 e. The summed E-state index contributed by atoms with van der Waals surface area (Å²) < 4.78 is 0. The van der Waals surface area contributed by atoms with Gasteiger partial charge in [-0.05, 0) is 40.9 Å². The van der Waals surface area contributed by atoms with E-state index in [0.29, 0.717) is 41.5 Å². The topological polar surface area (TPSA) is 54.4 Å².